The number of amides is 2. The van der Waals surface area contributed by atoms with Gasteiger partial charge in [-0.25, -0.2) is 4.90 Å². The van der Waals surface area contributed by atoms with Crippen molar-refractivity contribution >= 4 is 23.2 Å². The Bertz CT molecular complexity index is 519. The predicted molar refractivity (Wildman–Crippen MR) is 66.0 cm³/mol. The first kappa shape index (κ1) is 11.2. The number of hydrogen-bond acceptors (Lipinski definition) is 4. The maximum absolute atomic E-state index is 12.2. The minimum Gasteiger partial charge on any atom is -0.397 e. The number of carbonyl (C=O) groups is 2. The van der Waals surface area contributed by atoms with Gasteiger partial charge in [-0.1, -0.05) is 6.07 Å². The molecular weight excluding hydrogens is 232 g/mol. The van der Waals surface area contributed by atoms with E-state index in [0.717, 1.165) is 5.56 Å². The molecule has 2 atom stereocenters. The Labute approximate surface area is 105 Å². The fourth-order valence-electron chi connectivity index (χ4n) is 2.51. The number of nitrogens with zero attached hydrogens (tertiary/aromatic N) is 1. The zero-order valence-corrected chi connectivity index (χ0v) is 10.1. The van der Waals surface area contributed by atoms with E-state index in [4.69, 9.17) is 10.5 Å². The molecule has 1 aromatic carbocycles. The second-order valence-corrected chi connectivity index (χ2v) is 4.76. The summed E-state index contributed by atoms with van der Waals surface area (Å²) in [6, 6.07) is 5.31. The number of rotatable bonds is 1. The summed E-state index contributed by atoms with van der Waals surface area (Å²) < 4.78 is 5.36. The molecule has 2 bridgehead atoms. The Morgan fingerprint density at radius 1 is 1.22 bits per heavy atom. The summed E-state index contributed by atoms with van der Waals surface area (Å²) >= 11 is 0. The highest BCUT2D eigenvalue weighted by Crippen LogP contribution is 2.34. The van der Waals surface area contributed by atoms with Crippen LogP contribution in [0.1, 0.15) is 18.4 Å². The standard InChI is InChI=1S/C13H14N2O3/c1-7-2-3-9(8(14)6-7)15-12(16)10-4-5-11(18-10)13(15)17/h2-3,6,10-11H,4-5,14H2,1H3. The van der Waals surface area contributed by atoms with Crippen molar-refractivity contribution in [3.8, 4) is 0 Å². The lowest BCUT2D eigenvalue weighted by molar-refractivity contribution is -0.146. The SMILES string of the molecule is Cc1ccc(N2C(=O)C3CCC(O3)C2=O)c(N)c1. The molecule has 0 saturated carbocycles. The molecule has 2 saturated heterocycles. The second-order valence-electron chi connectivity index (χ2n) is 4.76. The fraction of sp³-hybridized carbons (Fsp3) is 0.385. The van der Waals surface area contributed by atoms with Crippen LogP contribution in [0.2, 0.25) is 0 Å². The van der Waals surface area contributed by atoms with Gasteiger partial charge in [-0.05, 0) is 37.5 Å². The number of fused-ring (bicyclic) bond motifs is 2. The summed E-state index contributed by atoms with van der Waals surface area (Å²) in [6.07, 6.45) is 0.233. The molecule has 0 aliphatic carbocycles. The fourth-order valence-corrected chi connectivity index (χ4v) is 2.51. The zero-order chi connectivity index (χ0) is 12.9. The molecule has 5 nitrogen and oxygen atoms in total. The van der Waals surface area contributed by atoms with E-state index in [2.05, 4.69) is 0 Å². The number of carbonyl (C=O) groups excluding carboxylic acids is 2. The Hall–Kier alpha value is -1.88. The summed E-state index contributed by atoms with van der Waals surface area (Å²) in [6.45, 7) is 1.91. The van der Waals surface area contributed by atoms with Gasteiger partial charge < -0.3 is 10.5 Å². The second kappa shape index (κ2) is 3.81. The first-order chi connectivity index (χ1) is 8.58. The molecule has 0 radical (unpaired) electrons. The van der Waals surface area contributed by atoms with Crippen LogP contribution in [0.25, 0.3) is 0 Å². The number of nitrogen functional groups attached to an aromatic ring is 1. The van der Waals surface area contributed by atoms with Crippen LogP contribution in [0.15, 0.2) is 18.2 Å². The van der Waals surface area contributed by atoms with Crippen LogP contribution in [0.4, 0.5) is 11.4 Å². The molecule has 5 heteroatoms. The van der Waals surface area contributed by atoms with Gasteiger partial charge in [-0.2, -0.15) is 0 Å². The third-order valence-electron chi connectivity index (χ3n) is 3.44. The summed E-state index contributed by atoms with van der Waals surface area (Å²) in [5.74, 6) is -0.603. The Morgan fingerprint density at radius 3 is 2.39 bits per heavy atom. The van der Waals surface area contributed by atoms with Crippen LogP contribution >= 0.6 is 0 Å². The van der Waals surface area contributed by atoms with E-state index in [-0.39, 0.29) is 11.8 Å². The Morgan fingerprint density at radius 2 is 1.83 bits per heavy atom. The average Bonchev–Trinajstić information content (AvgIpc) is 2.76. The Balaban J connectivity index is 2.05. The molecule has 2 unspecified atom stereocenters. The molecule has 2 N–H and O–H groups in total. The van der Waals surface area contributed by atoms with Crippen LogP contribution in [0.5, 0.6) is 0 Å². The van der Waals surface area contributed by atoms with Gasteiger partial charge in [-0.3, -0.25) is 9.59 Å². The topological polar surface area (TPSA) is 72.6 Å². The Kier molecular flexibility index (Phi) is 2.38. The number of benzene rings is 1. The van der Waals surface area contributed by atoms with Crippen LogP contribution in [-0.4, -0.2) is 24.0 Å². The minimum atomic E-state index is -0.492. The summed E-state index contributed by atoms with van der Waals surface area (Å²) in [5, 5.41) is 0. The molecule has 2 heterocycles. The smallest absolute Gasteiger partial charge is 0.263 e. The number of aryl methyl sites for hydroxylation is 1. The van der Waals surface area contributed by atoms with E-state index in [0.29, 0.717) is 24.2 Å². The van der Waals surface area contributed by atoms with Crippen molar-refractivity contribution in [1.29, 1.82) is 0 Å². The van der Waals surface area contributed by atoms with Gasteiger partial charge in [0.2, 0.25) is 0 Å². The van der Waals surface area contributed by atoms with Crippen molar-refractivity contribution in [2.24, 2.45) is 0 Å². The molecule has 2 amide bonds. The van der Waals surface area contributed by atoms with Gasteiger partial charge in [0.25, 0.3) is 11.8 Å². The van der Waals surface area contributed by atoms with E-state index in [9.17, 15) is 9.59 Å². The van der Waals surface area contributed by atoms with E-state index < -0.39 is 12.2 Å². The lowest BCUT2D eigenvalue weighted by Crippen LogP contribution is -2.52. The third kappa shape index (κ3) is 1.51. The highest BCUT2D eigenvalue weighted by molar-refractivity contribution is 6.21. The van der Waals surface area contributed by atoms with Crippen molar-refractivity contribution in [2.75, 3.05) is 10.6 Å². The van der Waals surface area contributed by atoms with E-state index in [1.54, 1.807) is 12.1 Å². The molecular formula is C13H14N2O3. The number of morpholine rings is 1. The largest absolute Gasteiger partial charge is 0.397 e. The number of hydrogen-bond donors (Lipinski definition) is 1. The van der Waals surface area contributed by atoms with Gasteiger partial charge in [0.1, 0.15) is 12.2 Å². The van der Waals surface area contributed by atoms with E-state index in [1.807, 2.05) is 13.0 Å². The minimum absolute atomic E-state index is 0.302. The number of ether oxygens (including phenoxy) is 1. The number of anilines is 2. The molecule has 18 heavy (non-hydrogen) atoms. The predicted octanol–water partition coefficient (Wildman–Crippen LogP) is 0.998. The average molecular weight is 246 g/mol. The molecule has 2 fully saturated rings. The first-order valence-electron chi connectivity index (χ1n) is 5.97. The van der Waals surface area contributed by atoms with Gasteiger partial charge in [-0.15, -0.1) is 0 Å². The van der Waals surface area contributed by atoms with Crippen LogP contribution in [-0.2, 0) is 14.3 Å². The van der Waals surface area contributed by atoms with Crippen molar-refractivity contribution in [1.82, 2.24) is 0 Å². The van der Waals surface area contributed by atoms with Gasteiger partial charge in [0.05, 0.1) is 11.4 Å². The zero-order valence-electron chi connectivity index (χ0n) is 10.1. The van der Waals surface area contributed by atoms with E-state index >= 15 is 0 Å². The number of nitrogens with two attached hydrogens (primary N) is 1. The van der Waals surface area contributed by atoms with Crippen molar-refractivity contribution in [3.63, 3.8) is 0 Å². The lowest BCUT2D eigenvalue weighted by Gasteiger charge is -2.30. The molecule has 2 aliphatic rings. The van der Waals surface area contributed by atoms with Gasteiger partial charge in [0.15, 0.2) is 0 Å². The maximum Gasteiger partial charge on any atom is 0.263 e. The summed E-state index contributed by atoms with van der Waals surface area (Å²) in [4.78, 5) is 25.5. The third-order valence-corrected chi connectivity index (χ3v) is 3.44. The lowest BCUT2D eigenvalue weighted by atomic mass is 10.1. The normalized spacial score (nSPS) is 26.8. The van der Waals surface area contributed by atoms with Crippen molar-refractivity contribution < 1.29 is 14.3 Å². The first-order valence-corrected chi connectivity index (χ1v) is 5.97. The summed E-state index contributed by atoms with van der Waals surface area (Å²) in [7, 11) is 0. The molecule has 3 rings (SSSR count). The van der Waals surface area contributed by atoms with Crippen LogP contribution in [0, 0.1) is 6.92 Å². The highest BCUT2D eigenvalue weighted by Gasteiger charge is 2.47. The van der Waals surface area contributed by atoms with Crippen LogP contribution in [0.3, 0.4) is 0 Å². The maximum atomic E-state index is 12.2. The summed E-state index contributed by atoms with van der Waals surface area (Å²) in [5.41, 5.74) is 7.80. The highest BCUT2D eigenvalue weighted by atomic mass is 16.5. The van der Waals surface area contributed by atoms with Crippen molar-refractivity contribution in [2.45, 2.75) is 32.0 Å². The molecule has 1 aromatic rings. The van der Waals surface area contributed by atoms with Crippen molar-refractivity contribution in [3.05, 3.63) is 23.8 Å². The van der Waals surface area contributed by atoms with Crippen LogP contribution < -0.4 is 10.6 Å². The van der Waals surface area contributed by atoms with Gasteiger partial charge in [0, 0.05) is 0 Å². The quantitative estimate of drug-likeness (QED) is 0.592. The monoisotopic (exact) mass is 246 g/mol. The van der Waals surface area contributed by atoms with Gasteiger partial charge >= 0.3 is 0 Å². The molecule has 2 aliphatic heterocycles. The molecule has 94 valence electrons. The molecule has 0 spiro atoms. The van der Waals surface area contributed by atoms with E-state index in [1.165, 1.54) is 4.90 Å². The molecule has 0 aromatic heterocycles. The number of imide groups is 1.